The highest BCUT2D eigenvalue weighted by Crippen LogP contribution is 2.05. The molecule has 5 heteroatoms. The molecule has 0 aliphatic rings. The molecule has 2 aromatic carbocycles. The van der Waals surface area contributed by atoms with E-state index in [0.717, 1.165) is 24.1 Å². The van der Waals surface area contributed by atoms with Crippen LogP contribution in [0.25, 0.3) is 0 Å². The van der Waals surface area contributed by atoms with Crippen molar-refractivity contribution in [2.24, 2.45) is 10.7 Å². The zero-order chi connectivity index (χ0) is 17.0. The molecule has 0 bridgehead atoms. The van der Waals surface area contributed by atoms with Crippen LogP contribution in [-0.4, -0.2) is 18.5 Å². The molecule has 0 amide bonds. The van der Waals surface area contributed by atoms with Crippen molar-refractivity contribution in [3.8, 4) is 0 Å². The van der Waals surface area contributed by atoms with E-state index in [1.807, 2.05) is 60.7 Å². The van der Waals surface area contributed by atoms with Crippen molar-refractivity contribution in [3.63, 3.8) is 0 Å². The van der Waals surface area contributed by atoms with Crippen LogP contribution in [0.2, 0.25) is 0 Å². The number of aliphatic imine (C=N–C) groups is 1. The number of rotatable bonds is 8. The SMILES string of the molecule is NC(=NCCCCC(=O)OCc1ccccc1)Nc1ccccc1. The normalized spacial score (nSPS) is 11.1. The number of hydrogen-bond acceptors (Lipinski definition) is 3. The summed E-state index contributed by atoms with van der Waals surface area (Å²) < 4.78 is 5.22. The van der Waals surface area contributed by atoms with Gasteiger partial charge in [-0.05, 0) is 30.5 Å². The second-order valence-corrected chi connectivity index (χ2v) is 5.36. The van der Waals surface area contributed by atoms with Gasteiger partial charge in [-0.1, -0.05) is 48.5 Å². The Morgan fingerprint density at radius 2 is 1.67 bits per heavy atom. The molecule has 0 heterocycles. The topological polar surface area (TPSA) is 76.7 Å². The summed E-state index contributed by atoms with van der Waals surface area (Å²) in [6.45, 7) is 0.906. The molecule has 2 rings (SSSR count). The van der Waals surface area contributed by atoms with Gasteiger partial charge in [-0.2, -0.15) is 0 Å². The van der Waals surface area contributed by atoms with Crippen molar-refractivity contribution in [1.82, 2.24) is 0 Å². The van der Waals surface area contributed by atoms with Crippen LogP contribution in [0.15, 0.2) is 65.7 Å². The predicted molar refractivity (Wildman–Crippen MR) is 96.6 cm³/mol. The Labute approximate surface area is 142 Å². The highest BCUT2D eigenvalue weighted by Gasteiger charge is 2.03. The van der Waals surface area contributed by atoms with Crippen LogP contribution >= 0.6 is 0 Å². The van der Waals surface area contributed by atoms with E-state index in [9.17, 15) is 4.79 Å². The van der Waals surface area contributed by atoms with Gasteiger partial charge in [-0.15, -0.1) is 0 Å². The molecule has 2 aromatic rings. The van der Waals surface area contributed by atoms with E-state index in [2.05, 4.69) is 10.3 Å². The Hall–Kier alpha value is -2.82. The number of hydrogen-bond donors (Lipinski definition) is 2. The third-order valence-corrected chi connectivity index (χ3v) is 3.36. The molecule has 0 saturated carbocycles. The minimum absolute atomic E-state index is 0.182. The van der Waals surface area contributed by atoms with Crippen LogP contribution in [-0.2, 0) is 16.1 Å². The average Bonchev–Trinajstić information content (AvgIpc) is 2.61. The number of guanidine groups is 1. The van der Waals surface area contributed by atoms with Gasteiger partial charge in [0.05, 0.1) is 0 Å². The van der Waals surface area contributed by atoms with Gasteiger partial charge in [0.25, 0.3) is 0 Å². The molecule has 0 aliphatic carbocycles. The fourth-order valence-corrected chi connectivity index (χ4v) is 2.10. The maximum absolute atomic E-state index is 11.7. The Balaban J connectivity index is 1.57. The predicted octanol–water partition coefficient (Wildman–Crippen LogP) is 3.33. The first-order valence-electron chi connectivity index (χ1n) is 8.05. The van der Waals surface area contributed by atoms with Crippen LogP contribution in [0, 0.1) is 0 Å². The molecule has 0 spiro atoms. The largest absolute Gasteiger partial charge is 0.461 e. The second-order valence-electron chi connectivity index (χ2n) is 5.36. The van der Waals surface area contributed by atoms with E-state index < -0.39 is 0 Å². The number of ether oxygens (including phenoxy) is 1. The molecule has 0 aliphatic heterocycles. The zero-order valence-electron chi connectivity index (χ0n) is 13.7. The standard InChI is InChI=1S/C19H23N3O2/c20-19(22-17-11-5-2-6-12-17)21-14-8-7-13-18(23)24-15-16-9-3-1-4-10-16/h1-6,9-12H,7-8,13-15H2,(H3,20,21,22). The van der Waals surface area contributed by atoms with Gasteiger partial charge in [0.15, 0.2) is 5.96 Å². The summed E-state index contributed by atoms with van der Waals surface area (Å²) in [6, 6.07) is 19.3. The Bertz CT molecular complexity index is 642. The first kappa shape index (κ1) is 17.5. The molecule has 0 atom stereocenters. The minimum atomic E-state index is -0.182. The lowest BCUT2D eigenvalue weighted by molar-refractivity contribution is -0.145. The van der Waals surface area contributed by atoms with Gasteiger partial charge in [-0.3, -0.25) is 9.79 Å². The maximum Gasteiger partial charge on any atom is 0.306 e. The van der Waals surface area contributed by atoms with E-state index in [4.69, 9.17) is 10.5 Å². The summed E-state index contributed by atoms with van der Waals surface area (Å²) in [5.41, 5.74) is 7.71. The van der Waals surface area contributed by atoms with E-state index in [0.29, 0.717) is 25.5 Å². The molecule has 0 fully saturated rings. The number of unbranched alkanes of at least 4 members (excludes halogenated alkanes) is 1. The summed E-state index contributed by atoms with van der Waals surface area (Å²) >= 11 is 0. The number of nitrogens with two attached hydrogens (primary N) is 1. The third kappa shape index (κ3) is 6.96. The molecule has 0 saturated heterocycles. The van der Waals surface area contributed by atoms with Crippen LogP contribution < -0.4 is 11.1 Å². The number of benzene rings is 2. The van der Waals surface area contributed by atoms with Crippen LogP contribution in [0.4, 0.5) is 5.69 Å². The number of anilines is 1. The van der Waals surface area contributed by atoms with Crippen molar-refractivity contribution in [2.45, 2.75) is 25.9 Å². The summed E-state index contributed by atoms with van der Waals surface area (Å²) in [6.07, 6.45) is 1.92. The molecule has 3 N–H and O–H groups in total. The number of carbonyl (C=O) groups excluding carboxylic acids is 1. The monoisotopic (exact) mass is 325 g/mol. The van der Waals surface area contributed by atoms with Gasteiger partial charge < -0.3 is 15.8 Å². The van der Waals surface area contributed by atoms with E-state index >= 15 is 0 Å². The Kier molecular flexibility index (Phi) is 7.34. The number of carbonyl (C=O) groups is 1. The summed E-state index contributed by atoms with van der Waals surface area (Å²) in [7, 11) is 0. The highest BCUT2D eigenvalue weighted by molar-refractivity contribution is 5.92. The molecule has 0 radical (unpaired) electrons. The van der Waals surface area contributed by atoms with E-state index in [1.165, 1.54) is 0 Å². The van der Waals surface area contributed by atoms with Crippen LogP contribution in [0.3, 0.4) is 0 Å². The number of nitrogens with zero attached hydrogens (tertiary/aromatic N) is 1. The average molecular weight is 325 g/mol. The highest BCUT2D eigenvalue weighted by atomic mass is 16.5. The molecular weight excluding hydrogens is 302 g/mol. The molecule has 24 heavy (non-hydrogen) atoms. The molecule has 126 valence electrons. The van der Waals surface area contributed by atoms with Gasteiger partial charge in [0.1, 0.15) is 6.61 Å². The maximum atomic E-state index is 11.7. The molecule has 5 nitrogen and oxygen atoms in total. The zero-order valence-corrected chi connectivity index (χ0v) is 13.7. The number of para-hydroxylation sites is 1. The van der Waals surface area contributed by atoms with Crippen molar-refractivity contribution in [3.05, 3.63) is 66.2 Å². The second kappa shape index (κ2) is 10.0. The van der Waals surface area contributed by atoms with Crippen molar-refractivity contribution in [1.29, 1.82) is 0 Å². The van der Waals surface area contributed by atoms with Gasteiger partial charge in [-0.25, -0.2) is 0 Å². The lowest BCUT2D eigenvalue weighted by atomic mass is 10.2. The first-order valence-corrected chi connectivity index (χ1v) is 8.05. The smallest absolute Gasteiger partial charge is 0.306 e. The van der Waals surface area contributed by atoms with E-state index in [-0.39, 0.29) is 5.97 Å². The summed E-state index contributed by atoms with van der Waals surface area (Å²) in [5.74, 6) is 0.200. The summed E-state index contributed by atoms with van der Waals surface area (Å²) in [5, 5.41) is 3.02. The van der Waals surface area contributed by atoms with Gasteiger partial charge in [0.2, 0.25) is 0 Å². The molecule has 0 aromatic heterocycles. The van der Waals surface area contributed by atoms with Crippen LogP contribution in [0.5, 0.6) is 0 Å². The fourth-order valence-electron chi connectivity index (χ4n) is 2.10. The van der Waals surface area contributed by atoms with Crippen molar-refractivity contribution < 1.29 is 9.53 Å². The Morgan fingerprint density at radius 1 is 1.00 bits per heavy atom. The summed E-state index contributed by atoms with van der Waals surface area (Å²) in [4.78, 5) is 15.9. The van der Waals surface area contributed by atoms with Crippen molar-refractivity contribution >= 4 is 17.6 Å². The van der Waals surface area contributed by atoms with Crippen LogP contribution in [0.1, 0.15) is 24.8 Å². The third-order valence-electron chi connectivity index (χ3n) is 3.36. The Morgan fingerprint density at radius 3 is 2.38 bits per heavy atom. The molecule has 0 unspecified atom stereocenters. The van der Waals surface area contributed by atoms with E-state index in [1.54, 1.807) is 0 Å². The lowest BCUT2D eigenvalue weighted by Gasteiger charge is -2.06. The number of esters is 1. The lowest BCUT2D eigenvalue weighted by Crippen LogP contribution is -2.22. The number of nitrogens with one attached hydrogen (secondary N) is 1. The van der Waals surface area contributed by atoms with Crippen molar-refractivity contribution in [2.75, 3.05) is 11.9 Å². The molecular formula is C19H23N3O2. The van der Waals surface area contributed by atoms with Gasteiger partial charge >= 0.3 is 5.97 Å². The first-order chi connectivity index (χ1) is 11.7. The van der Waals surface area contributed by atoms with Gasteiger partial charge in [0, 0.05) is 18.7 Å². The quantitative estimate of drug-likeness (QED) is 0.338. The fraction of sp³-hybridized carbons (Fsp3) is 0.263. The minimum Gasteiger partial charge on any atom is -0.461 e.